The highest BCUT2D eigenvalue weighted by Crippen LogP contribution is 2.14. The van der Waals surface area contributed by atoms with Crippen LogP contribution in [0.3, 0.4) is 0 Å². The molecule has 0 aliphatic carbocycles. The van der Waals surface area contributed by atoms with E-state index >= 15 is 0 Å². The lowest BCUT2D eigenvalue weighted by Crippen LogP contribution is -2.40. The number of hydrogen-bond acceptors (Lipinski definition) is 3. The van der Waals surface area contributed by atoms with Crippen LogP contribution in [0.2, 0.25) is 0 Å². The summed E-state index contributed by atoms with van der Waals surface area (Å²) in [5.41, 5.74) is 0.758. The number of unbranched alkanes of at least 4 members (excludes halogenated alkanes) is 8. The summed E-state index contributed by atoms with van der Waals surface area (Å²) in [5.74, 6) is -1.13. The zero-order valence-corrected chi connectivity index (χ0v) is 18.3. The number of carbonyl (C=O) groups excluding carboxylic acids is 2. The van der Waals surface area contributed by atoms with Crippen LogP contribution in [0, 0.1) is 0 Å². The summed E-state index contributed by atoms with van der Waals surface area (Å²) < 4.78 is 0. The Morgan fingerprint density at radius 1 is 0.833 bits per heavy atom. The van der Waals surface area contributed by atoms with Gasteiger partial charge in [0.15, 0.2) is 0 Å². The van der Waals surface area contributed by atoms with E-state index in [2.05, 4.69) is 17.6 Å². The Bertz CT molecular complexity index is 619. The van der Waals surface area contributed by atoms with Crippen molar-refractivity contribution in [2.45, 2.75) is 90.0 Å². The summed E-state index contributed by atoms with van der Waals surface area (Å²) in [5, 5.41) is 14.4. The predicted octanol–water partition coefficient (Wildman–Crippen LogP) is 4.75. The number of rotatable bonds is 17. The molecule has 168 valence electrons. The van der Waals surface area contributed by atoms with Crippen molar-refractivity contribution in [2.24, 2.45) is 0 Å². The van der Waals surface area contributed by atoms with Gasteiger partial charge in [-0.05, 0) is 24.8 Å². The molecule has 0 unspecified atom stereocenters. The molecule has 1 aromatic rings. The van der Waals surface area contributed by atoms with Gasteiger partial charge in [0, 0.05) is 19.4 Å². The minimum absolute atomic E-state index is 0.103. The Morgan fingerprint density at radius 3 is 2.10 bits per heavy atom. The average Bonchev–Trinajstić information content (AvgIpc) is 2.74. The lowest BCUT2D eigenvalue weighted by molar-refractivity contribution is -0.137. The molecular weight excluding hydrogens is 380 g/mol. The molecule has 0 aliphatic heterocycles. The maximum atomic E-state index is 12.7. The zero-order chi connectivity index (χ0) is 22.0. The number of nitrogens with one attached hydrogen (secondary N) is 2. The molecule has 0 spiro atoms. The third kappa shape index (κ3) is 12.2. The molecule has 0 radical (unpaired) electrons. The van der Waals surface area contributed by atoms with Gasteiger partial charge in [-0.25, -0.2) is 0 Å². The van der Waals surface area contributed by atoms with Crippen molar-refractivity contribution in [3.8, 4) is 0 Å². The molecular formula is C24H38N2O4. The monoisotopic (exact) mass is 418 g/mol. The third-order valence-electron chi connectivity index (χ3n) is 5.07. The Kier molecular flexibility index (Phi) is 14.1. The molecule has 0 heterocycles. The molecule has 1 atom stereocenters. The topological polar surface area (TPSA) is 95.5 Å². The van der Waals surface area contributed by atoms with Crippen molar-refractivity contribution in [2.75, 3.05) is 6.54 Å². The van der Waals surface area contributed by atoms with Crippen LogP contribution < -0.4 is 10.6 Å². The van der Waals surface area contributed by atoms with Gasteiger partial charge in [0.1, 0.15) is 6.04 Å². The molecule has 0 fully saturated rings. The fourth-order valence-corrected chi connectivity index (χ4v) is 3.31. The first-order valence-corrected chi connectivity index (χ1v) is 11.4. The Hall–Kier alpha value is -2.37. The molecule has 1 aromatic carbocycles. The third-order valence-corrected chi connectivity index (χ3v) is 5.07. The highest BCUT2D eigenvalue weighted by Gasteiger charge is 2.22. The quantitative estimate of drug-likeness (QED) is 0.318. The highest BCUT2D eigenvalue weighted by molar-refractivity contribution is 5.88. The van der Waals surface area contributed by atoms with E-state index < -0.39 is 12.0 Å². The molecule has 6 heteroatoms. The second-order valence-electron chi connectivity index (χ2n) is 7.78. The van der Waals surface area contributed by atoms with Gasteiger partial charge in [0.05, 0.1) is 0 Å². The lowest BCUT2D eigenvalue weighted by Gasteiger charge is -2.19. The zero-order valence-electron chi connectivity index (χ0n) is 18.3. The molecule has 0 saturated heterocycles. The van der Waals surface area contributed by atoms with Crippen molar-refractivity contribution in [1.82, 2.24) is 10.6 Å². The second kappa shape index (κ2) is 16.4. The van der Waals surface area contributed by atoms with E-state index in [4.69, 9.17) is 5.11 Å². The average molecular weight is 419 g/mol. The first kappa shape index (κ1) is 25.7. The van der Waals surface area contributed by atoms with Crippen LogP contribution in [-0.4, -0.2) is 29.4 Å². The first-order chi connectivity index (χ1) is 14.5. The molecule has 1 rings (SSSR count). The molecule has 2 amide bonds. The number of carboxylic acid groups (broad SMARTS) is 1. The maximum absolute atomic E-state index is 12.7. The van der Waals surface area contributed by atoms with Crippen molar-refractivity contribution in [1.29, 1.82) is 0 Å². The van der Waals surface area contributed by atoms with Gasteiger partial charge >= 0.3 is 5.97 Å². The lowest BCUT2D eigenvalue weighted by atomic mass is 10.0. The summed E-state index contributed by atoms with van der Waals surface area (Å²) in [6.07, 6.45) is 10.6. The van der Waals surface area contributed by atoms with E-state index in [1.807, 2.05) is 30.3 Å². The van der Waals surface area contributed by atoms with Gasteiger partial charge in [-0.2, -0.15) is 0 Å². The molecule has 0 bridgehead atoms. The van der Waals surface area contributed by atoms with Crippen LogP contribution in [0.25, 0.3) is 0 Å². The van der Waals surface area contributed by atoms with Crippen molar-refractivity contribution >= 4 is 17.8 Å². The fourth-order valence-electron chi connectivity index (χ4n) is 3.31. The summed E-state index contributed by atoms with van der Waals surface area (Å²) in [7, 11) is 0. The summed E-state index contributed by atoms with van der Waals surface area (Å²) in [4.78, 5) is 35.6. The minimum Gasteiger partial charge on any atom is -0.481 e. The Morgan fingerprint density at radius 2 is 1.43 bits per heavy atom. The molecule has 6 nitrogen and oxygen atoms in total. The minimum atomic E-state index is -0.799. The fraction of sp³-hybridized carbons (Fsp3) is 0.625. The molecule has 0 aromatic heterocycles. The Labute approximate surface area is 180 Å². The number of amides is 2. The van der Waals surface area contributed by atoms with Crippen molar-refractivity contribution in [3.05, 3.63) is 35.9 Å². The van der Waals surface area contributed by atoms with Crippen LogP contribution in [-0.2, 0) is 14.4 Å². The van der Waals surface area contributed by atoms with E-state index in [9.17, 15) is 14.4 Å². The van der Waals surface area contributed by atoms with Gasteiger partial charge in [-0.1, -0.05) is 82.2 Å². The van der Waals surface area contributed by atoms with Gasteiger partial charge in [0.2, 0.25) is 11.8 Å². The van der Waals surface area contributed by atoms with E-state index in [1.54, 1.807) is 0 Å². The van der Waals surface area contributed by atoms with Gasteiger partial charge in [-0.3, -0.25) is 14.4 Å². The summed E-state index contributed by atoms with van der Waals surface area (Å²) >= 11 is 0. The van der Waals surface area contributed by atoms with Crippen molar-refractivity contribution in [3.63, 3.8) is 0 Å². The van der Waals surface area contributed by atoms with E-state index in [1.165, 1.54) is 25.7 Å². The van der Waals surface area contributed by atoms with Crippen LogP contribution in [0.15, 0.2) is 30.3 Å². The maximum Gasteiger partial charge on any atom is 0.303 e. The van der Waals surface area contributed by atoms with Crippen LogP contribution in [0.5, 0.6) is 0 Å². The van der Waals surface area contributed by atoms with Gasteiger partial charge < -0.3 is 15.7 Å². The molecule has 0 aliphatic rings. The number of aliphatic carboxylic acids is 1. The van der Waals surface area contributed by atoms with E-state index in [0.29, 0.717) is 25.8 Å². The van der Waals surface area contributed by atoms with Gasteiger partial charge in [-0.15, -0.1) is 0 Å². The van der Waals surface area contributed by atoms with Crippen LogP contribution in [0.4, 0.5) is 0 Å². The van der Waals surface area contributed by atoms with Crippen molar-refractivity contribution < 1.29 is 19.5 Å². The summed E-state index contributed by atoms with van der Waals surface area (Å²) in [6, 6.07) is 8.55. The Balaban J connectivity index is 2.41. The highest BCUT2D eigenvalue weighted by atomic mass is 16.4. The second-order valence-corrected chi connectivity index (χ2v) is 7.78. The van der Waals surface area contributed by atoms with Gasteiger partial charge in [0.25, 0.3) is 0 Å². The largest absolute Gasteiger partial charge is 0.481 e. The van der Waals surface area contributed by atoms with Crippen LogP contribution in [0.1, 0.15) is 95.6 Å². The SMILES string of the molecule is CCCCCCCCCC(=O)N[C@@H](C(=O)NCCCCCC(=O)O)c1ccccc1. The first-order valence-electron chi connectivity index (χ1n) is 11.4. The van der Waals surface area contributed by atoms with E-state index in [0.717, 1.165) is 31.2 Å². The summed E-state index contributed by atoms with van der Waals surface area (Å²) in [6.45, 7) is 2.67. The number of benzene rings is 1. The van der Waals surface area contributed by atoms with Crippen LogP contribution >= 0.6 is 0 Å². The predicted molar refractivity (Wildman–Crippen MR) is 119 cm³/mol. The molecule has 3 N–H and O–H groups in total. The standard InChI is InChI=1S/C24H38N2O4/c1-2-3-4-5-6-7-12-17-21(27)26-23(20-15-10-8-11-16-20)24(30)25-19-14-9-13-18-22(28)29/h8,10-11,15-16,23H,2-7,9,12-14,17-19H2,1H3,(H,25,30)(H,26,27)(H,28,29)/t23-/m1/s1. The van der Waals surface area contributed by atoms with E-state index in [-0.39, 0.29) is 18.2 Å². The number of carbonyl (C=O) groups is 3. The molecule has 30 heavy (non-hydrogen) atoms. The number of hydrogen-bond donors (Lipinski definition) is 3. The number of carboxylic acids is 1. The smallest absolute Gasteiger partial charge is 0.303 e. The molecule has 0 saturated carbocycles. The normalized spacial score (nSPS) is 11.6.